The number of amides is 6. The number of carboxylic acids is 1. The SMILES string of the molecule is CCCNC(=O)[C@@H](NC(=O)[C@@H]1C[C@@H](OC)CN1C(=O)[C@H](CC(=O)O)NC(=O)[C@@H]1CCCCN1C(=O)[C@@H](NC(=O)CCC1CCCCC1)C(C)C)[C@@H](C)O. The van der Waals surface area contributed by atoms with E-state index in [2.05, 4.69) is 21.3 Å². The Bertz CT molecular complexity index is 1290. The number of aliphatic hydroxyl groups is 1. The van der Waals surface area contributed by atoms with Crippen molar-refractivity contribution in [3.63, 3.8) is 0 Å². The number of nitrogens with zero attached hydrogens (tertiary/aromatic N) is 2. The molecule has 16 heteroatoms. The first-order valence-electron chi connectivity index (χ1n) is 19.4. The number of carbonyl (C=O) groups excluding carboxylic acids is 6. The molecule has 0 unspecified atom stereocenters. The molecule has 2 aliphatic heterocycles. The molecule has 2 heterocycles. The molecule has 16 nitrogen and oxygen atoms in total. The van der Waals surface area contributed by atoms with Gasteiger partial charge < -0.3 is 46.0 Å². The van der Waals surface area contributed by atoms with E-state index in [0.717, 1.165) is 24.2 Å². The minimum atomic E-state index is -1.59. The number of methoxy groups -OCH3 is 1. The standard InChI is InChI=1S/C37H62N6O10/c1-6-17-38-35(50)32(23(4)44)41-34(49)28-19-25(53-5)21-43(28)36(51)26(20-30(46)47)39-33(48)27-14-10-11-18-42(27)37(52)31(22(2)3)40-29(45)16-15-24-12-8-7-9-13-24/h22-28,31-32,44H,6-21H2,1-5H3,(H,38,50)(H,39,48)(H,40,45)(H,41,49)(H,46,47)/t23-,25-,26+,27+,28+,31+,32+/m1/s1. The zero-order chi connectivity index (χ0) is 39.2. The van der Waals surface area contributed by atoms with Crippen molar-refractivity contribution in [2.45, 2.75) is 154 Å². The average Bonchev–Trinajstić information content (AvgIpc) is 3.58. The maximum absolute atomic E-state index is 14.0. The molecule has 0 aromatic heterocycles. The highest BCUT2D eigenvalue weighted by atomic mass is 16.5. The van der Waals surface area contributed by atoms with Crippen LogP contribution in [0.15, 0.2) is 0 Å². The maximum atomic E-state index is 14.0. The van der Waals surface area contributed by atoms with Gasteiger partial charge in [0.2, 0.25) is 35.4 Å². The van der Waals surface area contributed by atoms with Gasteiger partial charge in [-0.2, -0.15) is 0 Å². The van der Waals surface area contributed by atoms with E-state index in [1.165, 1.54) is 38.2 Å². The van der Waals surface area contributed by atoms with Gasteiger partial charge in [-0.3, -0.25) is 33.6 Å². The van der Waals surface area contributed by atoms with Crippen LogP contribution < -0.4 is 21.3 Å². The lowest BCUT2D eigenvalue weighted by Gasteiger charge is -2.38. The number of aliphatic hydroxyl groups excluding tert-OH is 1. The quantitative estimate of drug-likeness (QED) is 0.116. The van der Waals surface area contributed by atoms with Crippen molar-refractivity contribution >= 4 is 41.4 Å². The van der Waals surface area contributed by atoms with E-state index in [4.69, 9.17) is 4.74 Å². The molecule has 3 aliphatic rings. The van der Waals surface area contributed by atoms with Gasteiger partial charge in [0.1, 0.15) is 30.2 Å². The Morgan fingerprint density at radius 3 is 2.08 bits per heavy atom. The van der Waals surface area contributed by atoms with E-state index in [-0.39, 0.29) is 37.8 Å². The van der Waals surface area contributed by atoms with Crippen molar-refractivity contribution < 1.29 is 48.5 Å². The summed E-state index contributed by atoms with van der Waals surface area (Å²) in [7, 11) is 1.40. The lowest BCUT2D eigenvalue weighted by Crippen LogP contribution is -2.61. The van der Waals surface area contributed by atoms with E-state index in [1.54, 1.807) is 0 Å². The Labute approximate surface area is 312 Å². The zero-order valence-electron chi connectivity index (χ0n) is 32.1. The molecule has 300 valence electrons. The summed E-state index contributed by atoms with van der Waals surface area (Å²) in [4.78, 5) is 95.7. The topological polar surface area (TPSA) is 224 Å². The number of likely N-dealkylation sites (tertiary alicyclic amines) is 2. The van der Waals surface area contributed by atoms with Crippen LogP contribution in [0, 0.1) is 11.8 Å². The van der Waals surface area contributed by atoms with Gasteiger partial charge >= 0.3 is 5.97 Å². The Morgan fingerprint density at radius 2 is 1.47 bits per heavy atom. The predicted octanol–water partition coefficient (Wildman–Crippen LogP) is 0.836. The van der Waals surface area contributed by atoms with Crippen LogP contribution in [0.25, 0.3) is 0 Å². The largest absolute Gasteiger partial charge is 0.481 e. The molecular weight excluding hydrogens is 688 g/mol. The van der Waals surface area contributed by atoms with Crippen LogP contribution in [0.4, 0.5) is 0 Å². The highest BCUT2D eigenvalue weighted by molar-refractivity contribution is 5.98. The summed E-state index contributed by atoms with van der Waals surface area (Å²) in [5.74, 6) is -4.68. The first-order chi connectivity index (χ1) is 25.2. The number of carbonyl (C=O) groups is 7. The van der Waals surface area contributed by atoms with Crippen LogP contribution in [0.5, 0.6) is 0 Å². The molecule has 3 rings (SSSR count). The van der Waals surface area contributed by atoms with Crippen molar-refractivity contribution in [2.75, 3.05) is 26.7 Å². The number of rotatable bonds is 18. The monoisotopic (exact) mass is 750 g/mol. The molecule has 6 amide bonds. The third kappa shape index (κ3) is 12.7. The highest BCUT2D eigenvalue weighted by Crippen LogP contribution is 2.28. The van der Waals surface area contributed by atoms with Gasteiger partial charge in [0.05, 0.1) is 18.6 Å². The fourth-order valence-corrected chi connectivity index (χ4v) is 7.53. The second-order valence-electron chi connectivity index (χ2n) is 15.2. The second-order valence-corrected chi connectivity index (χ2v) is 15.2. The van der Waals surface area contributed by atoms with Crippen molar-refractivity contribution in [1.29, 1.82) is 0 Å². The van der Waals surface area contributed by atoms with Gasteiger partial charge in [-0.05, 0) is 50.9 Å². The summed E-state index contributed by atoms with van der Waals surface area (Å²) in [5.41, 5.74) is 0. The summed E-state index contributed by atoms with van der Waals surface area (Å²) in [6.45, 7) is 7.32. The molecule has 0 aromatic carbocycles. The number of aliphatic carboxylic acids is 1. The number of nitrogens with one attached hydrogen (secondary N) is 4. The molecule has 53 heavy (non-hydrogen) atoms. The van der Waals surface area contributed by atoms with E-state index < -0.39 is 84.3 Å². The molecule has 6 N–H and O–H groups in total. The third-order valence-corrected chi connectivity index (χ3v) is 10.6. The summed E-state index contributed by atoms with van der Waals surface area (Å²) >= 11 is 0. The van der Waals surface area contributed by atoms with Gasteiger partial charge in [-0.25, -0.2) is 0 Å². The number of hydrogen-bond donors (Lipinski definition) is 6. The van der Waals surface area contributed by atoms with Crippen LogP contribution in [-0.2, 0) is 38.3 Å². The molecule has 3 fully saturated rings. The smallest absolute Gasteiger partial charge is 0.305 e. The number of piperidine rings is 1. The molecule has 0 bridgehead atoms. The molecule has 1 aliphatic carbocycles. The molecular formula is C37H62N6O10. The Morgan fingerprint density at radius 1 is 0.811 bits per heavy atom. The van der Waals surface area contributed by atoms with E-state index in [1.807, 2.05) is 20.8 Å². The van der Waals surface area contributed by atoms with Crippen LogP contribution in [0.1, 0.15) is 111 Å². The first-order valence-corrected chi connectivity index (χ1v) is 19.4. The molecule has 0 spiro atoms. The predicted molar refractivity (Wildman–Crippen MR) is 194 cm³/mol. The summed E-state index contributed by atoms with van der Waals surface area (Å²) in [5, 5.41) is 30.6. The molecule has 7 atom stereocenters. The first kappa shape index (κ1) is 43.6. The second kappa shape index (κ2) is 21.2. The Kier molecular flexibility index (Phi) is 17.4. The fourth-order valence-electron chi connectivity index (χ4n) is 7.53. The minimum absolute atomic E-state index is 0.0266. The van der Waals surface area contributed by atoms with Gasteiger partial charge in [0.15, 0.2) is 0 Å². The molecule has 2 saturated heterocycles. The van der Waals surface area contributed by atoms with Crippen molar-refractivity contribution in [2.24, 2.45) is 11.8 Å². The number of carboxylic acid groups (broad SMARTS) is 1. The Balaban J connectivity index is 1.76. The van der Waals surface area contributed by atoms with Crippen molar-refractivity contribution in [3.8, 4) is 0 Å². The van der Waals surface area contributed by atoms with Crippen LogP contribution >= 0.6 is 0 Å². The van der Waals surface area contributed by atoms with E-state index in [0.29, 0.717) is 38.1 Å². The lowest BCUT2D eigenvalue weighted by molar-refractivity contribution is -0.149. The van der Waals surface area contributed by atoms with Crippen LogP contribution in [0.3, 0.4) is 0 Å². The molecule has 0 aromatic rings. The van der Waals surface area contributed by atoms with Crippen molar-refractivity contribution in [1.82, 2.24) is 31.1 Å². The van der Waals surface area contributed by atoms with Crippen LogP contribution in [-0.4, -0.2) is 131 Å². The maximum Gasteiger partial charge on any atom is 0.305 e. The number of ether oxygens (including phenoxy) is 1. The summed E-state index contributed by atoms with van der Waals surface area (Å²) in [6, 6.07) is -5.98. The molecule has 1 saturated carbocycles. The zero-order valence-corrected chi connectivity index (χ0v) is 32.1. The minimum Gasteiger partial charge on any atom is -0.481 e. The summed E-state index contributed by atoms with van der Waals surface area (Å²) < 4.78 is 5.44. The van der Waals surface area contributed by atoms with Gasteiger partial charge in [-0.15, -0.1) is 0 Å². The summed E-state index contributed by atoms with van der Waals surface area (Å²) in [6.07, 6.45) is 6.35. The van der Waals surface area contributed by atoms with E-state index >= 15 is 0 Å². The fraction of sp³-hybridized carbons (Fsp3) is 0.811. The van der Waals surface area contributed by atoms with Gasteiger partial charge in [0, 0.05) is 39.6 Å². The third-order valence-electron chi connectivity index (χ3n) is 10.6. The number of hydrogen-bond acceptors (Lipinski definition) is 9. The average molecular weight is 751 g/mol. The highest BCUT2D eigenvalue weighted by Gasteiger charge is 2.45. The lowest BCUT2D eigenvalue weighted by atomic mass is 9.86. The Hall–Kier alpha value is -3.79. The van der Waals surface area contributed by atoms with Gasteiger partial charge in [-0.1, -0.05) is 52.9 Å². The molecule has 0 radical (unpaired) electrons. The van der Waals surface area contributed by atoms with Gasteiger partial charge in [0.25, 0.3) is 0 Å². The van der Waals surface area contributed by atoms with E-state index in [9.17, 15) is 43.8 Å². The van der Waals surface area contributed by atoms with Crippen molar-refractivity contribution in [3.05, 3.63) is 0 Å². The normalized spacial score (nSPS) is 23.0. The van der Waals surface area contributed by atoms with Crippen LogP contribution in [0.2, 0.25) is 0 Å².